The van der Waals surface area contributed by atoms with Crippen molar-refractivity contribution >= 4 is 58.8 Å². The molecule has 6 rings (SSSR count). The Kier molecular flexibility index (Phi) is 21.6. The molecule has 0 unspecified atom stereocenters. The summed E-state index contributed by atoms with van der Waals surface area (Å²) in [6.07, 6.45) is 19.6. The third kappa shape index (κ3) is 18.8. The number of benzene rings is 4. The van der Waals surface area contributed by atoms with Crippen molar-refractivity contribution in [3.05, 3.63) is 156 Å². The number of carbonyl (C=O) groups excluding carboxylic acids is 4. The molecule has 8 N–H and O–H groups in total. The summed E-state index contributed by atoms with van der Waals surface area (Å²) in [5.74, 6) is -1.67. The van der Waals surface area contributed by atoms with Crippen molar-refractivity contribution in [1.29, 1.82) is 0 Å². The van der Waals surface area contributed by atoms with Gasteiger partial charge in [0.15, 0.2) is 0 Å². The van der Waals surface area contributed by atoms with Crippen LogP contribution in [0.1, 0.15) is 114 Å². The van der Waals surface area contributed by atoms with Crippen LogP contribution in [-0.4, -0.2) is 61.5 Å². The number of nitrogens with two attached hydrogens (primary N) is 4. The maximum Gasteiger partial charge on any atom is 0.338 e. The van der Waals surface area contributed by atoms with Gasteiger partial charge in [-0.25, -0.2) is 19.2 Å². The van der Waals surface area contributed by atoms with Gasteiger partial charge in [-0.15, -0.1) is 13.2 Å². The average Bonchev–Trinajstić information content (AvgIpc) is 3.35. The van der Waals surface area contributed by atoms with Crippen molar-refractivity contribution in [3.63, 3.8) is 0 Å². The zero-order valence-corrected chi connectivity index (χ0v) is 39.3. The van der Waals surface area contributed by atoms with Crippen LogP contribution < -0.4 is 22.9 Å². The molecule has 0 aliphatic heterocycles. The lowest BCUT2D eigenvalue weighted by atomic mass is 9.95. The van der Waals surface area contributed by atoms with E-state index in [1.807, 2.05) is 12.2 Å². The van der Waals surface area contributed by atoms with Crippen molar-refractivity contribution in [3.8, 4) is 0 Å². The normalized spacial score (nSPS) is 17.8. The van der Waals surface area contributed by atoms with Crippen LogP contribution in [0.25, 0.3) is 12.2 Å². The molecule has 4 aromatic rings. The SMILES string of the molecule is C=CCCCOC1CCC(OC(=O)c2ccc(/C=C/C(=O)OCc3ccc(N)cc3N)cc2)CC1.C=CCCOC1CCC(OC(=O)c2ccc(/C=C/C(=O)OCc3ccc(N)cc3N)cc2)CC1. The Labute approximate surface area is 405 Å². The minimum atomic E-state index is -0.496. The standard InChI is InChI=1S/C28H34N2O5.C27H32N2O5/c1-2-3-4-17-33-24-12-14-25(15-13-24)35-28(32)21-8-5-20(6-9-21)7-16-27(31)34-19-22-10-11-23(29)18-26(22)30;1-2-3-16-32-23-11-13-24(14-12-23)34-27(31)20-7-4-19(5-8-20)6-15-26(30)33-18-21-9-10-22(28)17-25(21)29/h2,5-11,16,18,24-25H,1,3-4,12-15,17,19,29-30H2;2,4-10,15,17,23-24H,1,3,11-14,16,18,28-29H2/b16-7+;15-6+. The van der Waals surface area contributed by atoms with E-state index in [4.69, 9.17) is 51.4 Å². The molecule has 0 amide bonds. The fourth-order valence-corrected chi connectivity index (χ4v) is 7.54. The van der Waals surface area contributed by atoms with Crippen LogP contribution in [0, 0.1) is 0 Å². The number of hydrogen-bond donors (Lipinski definition) is 4. The van der Waals surface area contributed by atoms with Gasteiger partial charge in [-0.2, -0.15) is 0 Å². The molecular formula is C55H66N4O10. The maximum atomic E-state index is 12.5. The van der Waals surface area contributed by atoms with E-state index < -0.39 is 11.9 Å². The van der Waals surface area contributed by atoms with E-state index in [0.29, 0.717) is 51.6 Å². The Morgan fingerprint density at radius 3 is 1.29 bits per heavy atom. The summed E-state index contributed by atoms with van der Waals surface area (Å²) in [6, 6.07) is 23.9. The average molecular weight is 943 g/mol. The van der Waals surface area contributed by atoms with E-state index in [1.54, 1.807) is 97.1 Å². The summed E-state index contributed by atoms with van der Waals surface area (Å²) < 4.78 is 33.5. The molecule has 2 aliphatic rings. The van der Waals surface area contributed by atoms with Crippen LogP contribution in [0.2, 0.25) is 0 Å². The van der Waals surface area contributed by atoms with E-state index in [1.165, 1.54) is 12.2 Å². The van der Waals surface area contributed by atoms with Crippen LogP contribution in [0.3, 0.4) is 0 Å². The zero-order valence-electron chi connectivity index (χ0n) is 39.3. The van der Waals surface area contributed by atoms with E-state index in [-0.39, 0.29) is 49.6 Å². The summed E-state index contributed by atoms with van der Waals surface area (Å²) in [4.78, 5) is 49.0. The van der Waals surface area contributed by atoms with Gasteiger partial charge < -0.3 is 51.4 Å². The molecule has 0 radical (unpaired) electrons. The molecule has 366 valence electrons. The predicted octanol–water partition coefficient (Wildman–Crippen LogP) is 9.73. The second-order valence-corrected chi connectivity index (χ2v) is 16.9. The molecule has 0 saturated heterocycles. The van der Waals surface area contributed by atoms with Gasteiger partial charge in [-0.05, 0) is 142 Å². The second-order valence-electron chi connectivity index (χ2n) is 16.9. The van der Waals surface area contributed by atoms with Crippen LogP contribution >= 0.6 is 0 Å². The van der Waals surface area contributed by atoms with Crippen molar-refractivity contribution in [2.75, 3.05) is 36.1 Å². The first-order chi connectivity index (χ1) is 33.4. The van der Waals surface area contributed by atoms with Crippen molar-refractivity contribution in [2.24, 2.45) is 0 Å². The van der Waals surface area contributed by atoms with Gasteiger partial charge in [0.2, 0.25) is 0 Å². The number of ether oxygens (including phenoxy) is 6. The first-order valence-corrected chi connectivity index (χ1v) is 23.4. The smallest absolute Gasteiger partial charge is 0.338 e. The number of carbonyl (C=O) groups is 4. The summed E-state index contributed by atoms with van der Waals surface area (Å²) in [5.41, 5.74) is 29.0. The third-order valence-electron chi connectivity index (χ3n) is 11.6. The summed E-state index contributed by atoms with van der Waals surface area (Å²) >= 11 is 0. The molecule has 0 aromatic heterocycles. The van der Waals surface area contributed by atoms with Gasteiger partial charge in [0.1, 0.15) is 25.4 Å². The van der Waals surface area contributed by atoms with E-state index in [2.05, 4.69) is 13.2 Å². The first-order valence-electron chi connectivity index (χ1n) is 23.4. The van der Waals surface area contributed by atoms with Crippen molar-refractivity contribution in [2.45, 2.75) is 108 Å². The number of esters is 4. The molecule has 4 aromatic carbocycles. The molecule has 2 fully saturated rings. The maximum absolute atomic E-state index is 12.5. The summed E-state index contributed by atoms with van der Waals surface area (Å²) in [5, 5.41) is 0. The molecule has 0 bridgehead atoms. The molecule has 0 heterocycles. The number of nitrogen functional groups attached to an aromatic ring is 4. The van der Waals surface area contributed by atoms with Gasteiger partial charge in [-0.3, -0.25) is 0 Å². The molecule has 2 saturated carbocycles. The zero-order chi connectivity index (χ0) is 49.4. The van der Waals surface area contributed by atoms with Gasteiger partial charge in [0.25, 0.3) is 0 Å². The highest BCUT2D eigenvalue weighted by atomic mass is 16.6. The van der Waals surface area contributed by atoms with Gasteiger partial charge in [-0.1, -0.05) is 48.6 Å². The number of unbranched alkanes of at least 4 members (excludes halogenated alkanes) is 1. The van der Waals surface area contributed by atoms with Crippen LogP contribution in [0.15, 0.2) is 122 Å². The van der Waals surface area contributed by atoms with Crippen molar-refractivity contribution in [1.82, 2.24) is 0 Å². The Morgan fingerprint density at radius 2 is 0.899 bits per heavy atom. The van der Waals surface area contributed by atoms with Crippen LogP contribution in [-0.2, 0) is 51.2 Å². The number of hydrogen-bond acceptors (Lipinski definition) is 14. The molecule has 14 heteroatoms. The highest BCUT2D eigenvalue weighted by molar-refractivity contribution is 5.91. The quantitative estimate of drug-likeness (QED) is 0.0152. The Bertz CT molecular complexity index is 2360. The monoisotopic (exact) mass is 942 g/mol. The second kappa shape index (κ2) is 28.2. The predicted molar refractivity (Wildman–Crippen MR) is 270 cm³/mol. The van der Waals surface area contributed by atoms with Gasteiger partial charge in [0, 0.05) is 52.6 Å². The number of rotatable bonds is 21. The fourth-order valence-electron chi connectivity index (χ4n) is 7.54. The number of anilines is 4. The largest absolute Gasteiger partial charge is 0.459 e. The molecular weight excluding hydrogens is 877 g/mol. The van der Waals surface area contributed by atoms with E-state index in [0.717, 1.165) is 88.4 Å². The highest BCUT2D eigenvalue weighted by Gasteiger charge is 2.26. The lowest BCUT2D eigenvalue weighted by molar-refractivity contribution is -0.139. The van der Waals surface area contributed by atoms with Crippen LogP contribution in [0.5, 0.6) is 0 Å². The Morgan fingerprint density at radius 1 is 0.507 bits per heavy atom. The summed E-state index contributed by atoms with van der Waals surface area (Å²) in [6.45, 7) is 8.96. The Balaban J connectivity index is 0.000000258. The Hall–Kier alpha value is -7.16. The molecule has 69 heavy (non-hydrogen) atoms. The minimum absolute atomic E-state index is 0.0585. The minimum Gasteiger partial charge on any atom is -0.459 e. The fraction of sp³-hybridized carbons (Fsp3) is 0.345. The third-order valence-corrected chi connectivity index (χ3v) is 11.6. The van der Waals surface area contributed by atoms with E-state index in [9.17, 15) is 19.2 Å². The van der Waals surface area contributed by atoms with Crippen molar-refractivity contribution < 1.29 is 47.6 Å². The first kappa shape index (κ1) is 52.8. The lowest BCUT2D eigenvalue weighted by Crippen LogP contribution is -2.28. The summed E-state index contributed by atoms with van der Waals surface area (Å²) in [7, 11) is 0. The van der Waals surface area contributed by atoms with Gasteiger partial charge in [0.05, 0.1) is 29.9 Å². The van der Waals surface area contributed by atoms with E-state index >= 15 is 0 Å². The van der Waals surface area contributed by atoms with Crippen LogP contribution in [0.4, 0.5) is 22.7 Å². The van der Waals surface area contributed by atoms with Gasteiger partial charge >= 0.3 is 23.9 Å². The molecule has 14 nitrogen and oxygen atoms in total. The topological polar surface area (TPSA) is 228 Å². The molecule has 2 aliphatic carbocycles. The molecule has 0 atom stereocenters. The number of allylic oxidation sites excluding steroid dienone is 1. The highest BCUT2D eigenvalue weighted by Crippen LogP contribution is 2.27. The molecule has 0 spiro atoms. The lowest BCUT2D eigenvalue weighted by Gasteiger charge is -2.28.